The van der Waals surface area contributed by atoms with Crippen molar-refractivity contribution in [3.63, 3.8) is 0 Å². The van der Waals surface area contributed by atoms with Crippen molar-refractivity contribution < 1.29 is 37.4 Å². The molecule has 0 spiro atoms. The summed E-state index contributed by atoms with van der Waals surface area (Å²) in [6, 6.07) is 0. The molecule has 0 unspecified atom stereocenters. The fourth-order valence-corrected chi connectivity index (χ4v) is 0. The van der Waals surface area contributed by atoms with Crippen LogP contribution in [0.4, 0.5) is 0 Å². The average molecular weight is 192 g/mol. The molecule has 0 aliphatic heterocycles. The molecule has 4 heteroatoms. The van der Waals surface area contributed by atoms with Gasteiger partial charge in [-0.2, -0.15) is 0 Å². The molecule has 8 heavy (non-hydrogen) atoms. The molecule has 0 aliphatic rings. The summed E-state index contributed by atoms with van der Waals surface area (Å²) in [6.07, 6.45) is 0. The second-order valence-corrected chi connectivity index (χ2v) is 1.07. The molecular weight excluding hydrogens is 187 g/mol. The summed E-state index contributed by atoms with van der Waals surface area (Å²) in [7, 11) is 0. The van der Waals surface area contributed by atoms with Gasteiger partial charge in [0.15, 0.2) is 0 Å². The van der Waals surface area contributed by atoms with Gasteiger partial charge in [-0.3, -0.25) is 0 Å². The van der Waals surface area contributed by atoms with Gasteiger partial charge in [-0.05, 0) is 12.5 Å². The van der Waals surface area contributed by atoms with E-state index in [-0.39, 0.29) is 5.57 Å². The van der Waals surface area contributed by atoms with E-state index >= 15 is 0 Å². The Hall–Kier alpha value is -0.107. The van der Waals surface area contributed by atoms with E-state index in [2.05, 4.69) is 6.58 Å². The summed E-state index contributed by atoms with van der Waals surface area (Å²) in [6.45, 7) is 4.48. The summed E-state index contributed by atoms with van der Waals surface area (Å²) in [5.74, 6) is -1.19. The molecule has 0 saturated carbocycles. The van der Waals surface area contributed by atoms with Gasteiger partial charge in [-0.25, -0.2) is 0 Å². The predicted octanol–water partition coefficient (Wildman–Crippen LogP) is -0.809. The van der Waals surface area contributed by atoms with Crippen LogP contribution in [0.1, 0.15) is 6.92 Å². The van der Waals surface area contributed by atoms with E-state index in [1.54, 1.807) is 0 Å². The average Bonchev–Trinajstić information content (AvgIpc) is 1.72. The number of carboxylic acids is 1. The van der Waals surface area contributed by atoms with E-state index < -0.39 is 5.97 Å². The van der Waals surface area contributed by atoms with Gasteiger partial charge in [0.2, 0.25) is 0 Å². The molecule has 0 rings (SSSR count). The van der Waals surface area contributed by atoms with Crippen molar-refractivity contribution in [2.24, 2.45) is 0 Å². The SMILES string of the molecule is C=C(C)C(=O)[O-].[O]=[Zr]. The molecule has 0 bridgehead atoms. The molecule has 0 aromatic heterocycles. The number of hydrogen-bond donors (Lipinski definition) is 0. The van der Waals surface area contributed by atoms with E-state index in [0.717, 1.165) is 0 Å². The van der Waals surface area contributed by atoms with Gasteiger partial charge in [-0.1, -0.05) is 6.58 Å². The molecule has 0 atom stereocenters. The van der Waals surface area contributed by atoms with E-state index in [1.807, 2.05) is 0 Å². The first-order valence-corrected chi connectivity index (χ1v) is 2.72. The van der Waals surface area contributed by atoms with Crippen LogP contribution in [0.5, 0.6) is 0 Å². The Kier molecular flexibility index (Phi) is 9.30. The van der Waals surface area contributed by atoms with Crippen LogP contribution < -0.4 is 5.11 Å². The van der Waals surface area contributed by atoms with E-state index in [1.165, 1.54) is 6.92 Å². The Balaban J connectivity index is 0. The summed E-state index contributed by atoms with van der Waals surface area (Å²) in [4.78, 5) is 9.49. The molecule has 0 amide bonds. The van der Waals surface area contributed by atoms with Crippen LogP contribution in [0, 0.1) is 0 Å². The minimum atomic E-state index is -1.19. The molecule has 0 radical (unpaired) electrons. The zero-order valence-electron chi connectivity index (χ0n) is 4.43. The number of carbonyl (C=O) groups excluding carboxylic acids is 1. The summed E-state index contributed by atoms with van der Waals surface area (Å²) in [5, 5.41) is 9.49. The van der Waals surface area contributed by atoms with Crippen LogP contribution in [-0.2, 0) is 32.3 Å². The third-order valence-corrected chi connectivity index (χ3v) is 0.348. The van der Waals surface area contributed by atoms with Crippen LogP contribution in [-0.4, -0.2) is 5.97 Å². The summed E-state index contributed by atoms with van der Waals surface area (Å²) < 4.78 is 8.34. The van der Waals surface area contributed by atoms with Crippen LogP contribution in [0.25, 0.3) is 0 Å². The maximum absolute atomic E-state index is 9.49. The zero-order chi connectivity index (χ0) is 7.15. The van der Waals surface area contributed by atoms with Gasteiger partial charge in [0.25, 0.3) is 0 Å². The van der Waals surface area contributed by atoms with Crippen LogP contribution in [0.2, 0.25) is 0 Å². The number of rotatable bonds is 1. The first-order chi connectivity index (χ1) is 3.64. The fraction of sp³-hybridized carbons (Fsp3) is 0.250. The molecule has 0 fully saturated rings. The van der Waals surface area contributed by atoms with Crippen molar-refractivity contribution in [1.82, 2.24) is 0 Å². The molecule has 0 N–H and O–H groups in total. The van der Waals surface area contributed by atoms with Gasteiger partial charge in [0.1, 0.15) is 0 Å². The molecule has 0 saturated heterocycles. The molecule has 0 aliphatic carbocycles. The second kappa shape index (κ2) is 6.89. The minimum absolute atomic E-state index is 0.0648. The van der Waals surface area contributed by atoms with Gasteiger partial charge in [-0.15, -0.1) is 0 Å². The predicted molar refractivity (Wildman–Crippen MR) is 20.5 cm³/mol. The fourth-order valence-electron chi connectivity index (χ4n) is 0. The van der Waals surface area contributed by atoms with Crippen molar-refractivity contribution >= 4 is 5.97 Å². The monoisotopic (exact) mass is 191 g/mol. The molecule has 44 valence electrons. The van der Waals surface area contributed by atoms with E-state index in [0.29, 0.717) is 24.7 Å². The van der Waals surface area contributed by atoms with Crippen LogP contribution >= 0.6 is 0 Å². The zero-order valence-corrected chi connectivity index (χ0v) is 6.89. The standard InChI is InChI=1S/C4H6O2.O.Zr/c1-3(2)4(5)6;;/h1H2,2H3,(H,5,6);;/p-1. The van der Waals surface area contributed by atoms with E-state index in [9.17, 15) is 9.90 Å². The van der Waals surface area contributed by atoms with Crippen molar-refractivity contribution in [2.45, 2.75) is 6.92 Å². The second-order valence-electron chi connectivity index (χ2n) is 1.07. The number of aliphatic carboxylic acids is 1. The van der Waals surface area contributed by atoms with Gasteiger partial charge >= 0.3 is 27.5 Å². The topological polar surface area (TPSA) is 57.2 Å². The van der Waals surface area contributed by atoms with Crippen molar-refractivity contribution in [2.75, 3.05) is 0 Å². The molecule has 3 nitrogen and oxygen atoms in total. The van der Waals surface area contributed by atoms with E-state index in [4.69, 9.17) is 2.81 Å². The van der Waals surface area contributed by atoms with Gasteiger partial charge < -0.3 is 9.90 Å². The third kappa shape index (κ3) is 9.31. The van der Waals surface area contributed by atoms with Gasteiger partial charge in [0.05, 0.1) is 5.97 Å². The first-order valence-electron chi connectivity index (χ1n) is 1.72. The first kappa shape index (κ1) is 10.8. The molecule has 0 aromatic carbocycles. The Labute approximate surface area is 62.7 Å². The van der Waals surface area contributed by atoms with Crippen molar-refractivity contribution in [3.8, 4) is 0 Å². The Morgan fingerprint density at radius 3 is 1.75 bits per heavy atom. The quantitative estimate of drug-likeness (QED) is 0.511. The Morgan fingerprint density at radius 2 is 1.75 bits per heavy atom. The Bertz CT molecular complexity index is 87.5. The van der Waals surface area contributed by atoms with Crippen molar-refractivity contribution in [1.29, 1.82) is 0 Å². The molecule has 0 heterocycles. The van der Waals surface area contributed by atoms with Gasteiger partial charge in [0, 0.05) is 0 Å². The summed E-state index contributed by atoms with van der Waals surface area (Å²) >= 11 is 0.300. The molecular formula is C4H5O3Zr-. The normalized spacial score (nSPS) is 6.00. The summed E-state index contributed by atoms with van der Waals surface area (Å²) in [5.41, 5.74) is 0.0648. The maximum atomic E-state index is 9.49. The Morgan fingerprint density at radius 1 is 1.62 bits per heavy atom. The third-order valence-electron chi connectivity index (χ3n) is 0.348. The van der Waals surface area contributed by atoms with Crippen LogP contribution in [0.3, 0.4) is 0 Å². The number of hydrogen-bond acceptors (Lipinski definition) is 3. The van der Waals surface area contributed by atoms with Crippen molar-refractivity contribution in [3.05, 3.63) is 12.2 Å². The number of carbonyl (C=O) groups is 1. The van der Waals surface area contributed by atoms with Crippen LogP contribution in [0.15, 0.2) is 12.2 Å². The number of carboxylic acid groups (broad SMARTS) is 1. The molecule has 0 aromatic rings.